The maximum Gasteiger partial charge on any atom is 0.408 e. The summed E-state index contributed by atoms with van der Waals surface area (Å²) in [6, 6.07) is 5.86. The molecule has 1 aromatic carbocycles. The quantitative estimate of drug-likeness (QED) is 0.840. The van der Waals surface area contributed by atoms with Crippen molar-refractivity contribution in [2.45, 2.75) is 52.2 Å². The van der Waals surface area contributed by atoms with Crippen molar-refractivity contribution in [3.63, 3.8) is 0 Å². The molecule has 1 aliphatic rings. The molecule has 1 amide bonds. The lowest BCUT2D eigenvalue weighted by Crippen LogP contribution is -2.34. The molecule has 0 bridgehead atoms. The summed E-state index contributed by atoms with van der Waals surface area (Å²) >= 11 is 5.26. The number of rotatable bonds is 3. The minimum Gasteiger partial charge on any atom is -0.444 e. The molecule has 0 aliphatic heterocycles. The molecule has 132 valence electrons. The maximum absolute atomic E-state index is 12.0. The average molecular weight is 350 g/mol. The predicted octanol–water partition coefficient (Wildman–Crippen LogP) is 3.81. The molecule has 24 heavy (non-hydrogen) atoms. The van der Waals surface area contributed by atoms with Crippen molar-refractivity contribution in [1.82, 2.24) is 10.2 Å². The molecule has 6 heteroatoms. The molecule has 1 N–H and O–H groups in total. The van der Waals surface area contributed by atoms with Gasteiger partial charge in [-0.15, -0.1) is 0 Å². The number of nitrogens with one attached hydrogen (secondary N) is 1. The van der Waals surface area contributed by atoms with Crippen molar-refractivity contribution >= 4 is 23.5 Å². The number of hydrogen-bond acceptors (Lipinski definition) is 4. The van der Waals surface area contributed by atoms with Gasteiger partial charge < -0.3 is 19.7 Å². The van der Waals surface area contributed by atoms with Gasteiger partial charge in [0.25, 0.3) is 5.17 Å². The van der Waals surface area contributed by atoms with Gasteiger partial charge in [0.1, 0.15) is 11.4 Å². The standard InChI is InChI=1S/C18H26N2O3S/c1-6-20(5)17(24)22-13-9-7-12-8-10-15(14(12)11-13)19-16(21)23-18(2,3)4/h7,9,11,15H,6,8,10H2,1-5H3,(H,19,21). The molecule has 0 saturated carbocycles. The Kier molecular flexibility index (Phi) is 5.70. The molecule has 2 rings (SSSR count). The largest absolute Gasteiger partial charge is 0.444 e. The Balaban J connectivity index is 2.08. The van der Waals surface area contributed by atoms with E-state index >= 15 is 0 Å². The smallest absolute Gasteiger partial charge is 0.408 e. The van der Waals surface area contributed by atoms with Crippen molar-refractivity contribution in [3.8, 4) is 5.75 Å². The van der Waals surface area contributed by atoms with E-state index in [4.69, 9.17) is 21.7 Å². The summed E-state index contributed by atoms with van der Waals surface area (Å²) in [6.45, 7) is 8.36. The van der Waals surface area contributed by atoms with Gasteiger partial charge in [-0.1, -0.05) is 6.07 Å². The lowest BCUT2D eigenvalue weighted by Gasteiger charge is -2.22. The third-order valence-electron chi connectivity index (χ3n) is 3.88. The van der Waals surface area contributed by atoms with E-state index in [-0.39, 0.29) is 6.04 Å². The molecule has 1 aliphatic carbocycles. The number of hydrogen-bond donors (Lipinski definition) is 1. The van der Waals surface area contributed by atoms with Gasteiger partial charge in [-0.25, -0.2) is 4.79 Å². The van der Waals surface area contributed by atoms with Crippen LogP contribution in [0.25, 0.3) is 0 Å². The van der Waals surface area contributed by atoms with E-state index in [0.29, 0.717) is 10.9 Å². The van der Waals surface area contributed by atoms with Gasteiger partial charge in [0.05, 0.1) is 6.04 Å². The van der Waals surface area contributed by atoms with Crippen LogP contribution in [0.15, 0.2) is 18.2 Å². The maximum atomic E-state index is 12.0. The Hall–Kier alpha value is -1.82. The Morgan fingerprint density at radius 1 is 1.42 bits per heavy atom. The fourth-order valence-electron chi connectivity index (χ4n) is 2.55. The van der Waals surface area contributed by atoms with Crippen molar-refractivity contribution in [1.29, 1.82) is 0 Å². The van der Waals surface area contributed by atoms with E-state index in [2.05, 4.69) is 5.32 Å². The van der Waals surface area contributed by atoms with Crippen molar-refractivity contribution in [2.24, 2.45) is 0 Å². The van der Waals surface area contributed by atoms with E-state index < -0.39 is 11.7 Å². The highest BCUT2D eigenvalue weighted by molar-refractivity contribution is 7.80. The van der Waals surface area contributed by atoms with Gasteiger partial charge >= 0.3 is 6.09 Å². The van der Waals surface area contributed by atoms with Crippen LogP contribution < -0.4 is 10.1 Å². The molecule has 0 saturated heterocycles. The van der Waals surface area contributed by atoms with Crippen LogP contribution >= 0.6 is 12.2 Å². The van der Waals surface area contributed by atoms with E-state index in [0.717, 1.165) is 24.9 Å². The molecule has 1 atom stereocenters. The second-order valence-electron chi connectivity index (χ2n) is 6.98. The Morgan fingerprint density at radius 2 is 2.12 bits per heavy atom. The minimum absolute atomic E-state index is 0.0594. The Bertz CT molecular complexity index is 625. The van der Waals surface area contributed by atoms with Crippen LogP contribution in [0.1, 0.15) is 51.3 Å². The number of ether oxygens (including phenoxy) is 2. The number of thiocarbonyl (C=S) groups is 1. The fraction of sp³-hybridized carbons (Fsp3) is 0.556. The number of fused-ring (bicyclic) bond motifs is 1. The summed E-state index contributed by atoms with van der Waals surface area (Å²) in [5.41, 5.74) is 1.78. The number of nitrogens with zero attached hydrogens (tertiary/aromatic N) is 1. The molecule has 0 heterocycles. The van der Waals surface area contributed by atoms with Crippen LogP contribution in [0.4, 0.5) is 4.79 Å². The predicted molar refractivity (Wildman–Crippen MR) is 98.4 cm³/mol. The monoisotopic (exact) mass is 350 g/mol. The number of carbonyl (C=O) groups is 1. The first-order valence-electron chi connectivity index (χ1n) is 8.25. The third kappa shape index (κ3) is 4.84. The summed E-state index contributed by atoms with van der Waals surface area (Å²) in [5, 5.41) is 3.38. The van der Waals surface area contributed by atoms with E-state index in [1.54, 1.807) is 0 Å². The third-order valence-corrected chi connectivity index (χ3v) is 4.27. The van der Waals surface area contributed by atoms with Gasteiger partial charge in [0.15, 0.2) is 0 Å². The zero-order valence-corrected chi connectivity index (χ0v) is 15.8. The first-order chi connectivity index (χ1) is 11.2. The number of alkyl carbamates (subject to hydrolysis) is 1. The fourth-order valence-corrected chi connectivity index (χ4v) is 2.78. The van der Waals surface area contributed by atoms with Gasteiger partial charge in [-0.3, -0.25) is 0 Å². The molecule has 1 unspecified atom stereocenters. The number of aryl methyl sites for hydroxylation is 1. The lowest BCUT2D eigenvalue weighted by atomic mass is 10.1. The molecule has 0 aromatic heterocycles. The first-order valence-corrected chi connectivity index (χ1v) is 8.65. The zero-order valence-electron chi connectivity index (χ0n) is 15.0. The molecule has 1 aromatic rings. The minimum atomic E-state index is -0.507. The molecule has 0 radical (unpaired) electrons. The van der Waals surface area contributed by atoms with Crippen LogP contribution in [0.2, 0.25) is 0 Å². The Morgan fingerprint density at radius 3 is 2.75 bits per heavy atom. The van der Waals surface area contributed by atoms with Gasteiger partial charge in [-0.2, -0.15) is 0 Å². The van der Waals surface area contributed by atoms with Crippen LogP contribution in [0.3, 0.4) is 0 Å². The van der Waals surface area contributed by atoms with Crippen molar-refractivity contribution in [3.05, 3.63) is 29.3 Å². The van der Waals surface area contributed by atoms with Crippen LogP contribution in [-0.4, -0.2) is 35.4 Å². The molecule has 0 fully saturated rings. The second kappa shape index (κ2) is 7.38. The summed E-state index contributed by atoms with van der Waals surface area (Å²) < 4.78 is 11.1. The van der Waals surface area contributed by atoms with Crippen molar-refractivity contribution < 1.29 is 14.3 Å². The number of carbonyl (C=O) groups excluding carboxylic acids is 1. The first kappa shape index (κ1) is 18.5. The summed E-state index contributed by atoms with van der Waals surface area (Å²) in [5.74, 6) is 0.692. The van der Waals surface area contributed by atoms with Crippen LogP contribution in [-0.2, 0) is 11.2 Å². The normalized spacial score (nSPS) is 16.3. The molecule has 5 nitrogen and oxygen atoms in total. The van der Waals surface area contributed by atoms with Gasteiger partial charge in [0.2, 0.25) is 0 Å². The second-order valence-corrected chi connectivity index (χ2v) is 7.33. The van der Waals surface area contributed by atoms with Gasteiger partial charge in [-0.05, 0) is 76.0 Å². The highest BCUT2D eigenvalue weighted by Crippen LogP contribution is 2.34. The number of amides is 1. The Labute approximate surface area is 149 Å². The average Bonchev–Trinajstić information content (AvgIpc) is 2.86. The number of benzene rings is 1. The molecular formula is C18H26N2O3S. The highest BCUT2D eigenvalue weighted by Gasteiger charge is 2.27. The SMILES string of the molecule is CCN(C)C(=S)Oc1ccc2c(c1)C(NC(=O)OC(C)(C)C)CC2. The zero-order chi connectivity index (χ0) is 17.9. The lowest BCUT2D eigenvalue weighted by molar-refractivity contribution is 0.0503. The van der Waals surface area contributed by atoms with Gasteiger partial charge in [0, 0.05) is 13.6 Å². The van der Waals surface area contributed by atoms with E-state index in [9.17, 15) is 4.79 Å². The highest BCUT2D eigenvalue weighted by atomic mass is 32.1. The topological polar surface area (TPSA) is 50.8 Å². The van der Waals surface area contributed by atoms with E-state index in [1.165, 1.54) is 5.56 Å². The summed E-state index contributed by atoms with van der Waals surface area (Å²) in [7, 11) is 1.89. The van der Waals surface area contributed by atoms with Crippen molar-refractivity contribution in [2.75, 3.05) is 13.6 Å². The van der Waals surface area contributed by atoms with Crippen LogP contribution in [0.5, 0.6) is 5.75 Å². The van der Waals surface area contributed by atoms with E-state index in [1.807, 2.05) is 57.8 Å². The molecular weight excluding hydrogens is 324 g/mol. The molecule has 0 spiro atoms. The summed E-state index contributed by atoms with van der Waals surface area (Å²) in [6.07, 6.45) is 1.39. The van der Waals surface area contributed by atoms with Crippen LogP contribution in [0, 0.1) is 0 Å². The summed E-state index contributed by atoms with van der Waals surface area (Å²) in [4.78, 5) is 13.9.